The second kappa shape index (κ2) is 5.58. The number of aryl methyl sites for hydroxylation is 4. The maximum Gasteiger partial charge on any atom is 0.118 e. The molecule has 2 N–H and O–H groups in total. The minimum Gasteiger partial charge on any atom is -0.508 e. The average molecular weight is 270 g/mol. The molecule has 2 rings (SSSR count). The van der Waals surface area contributed by atoms with Crippen molar-refractivity contribution in [3.05, 3.63) is 46.5 Å². The molecular weight excluding hydrogens is 248 g/mol. The van der Waals surface area contributed by atoms with Crippen molar-refractivity contribution in [3.8, 4) is 22.6 Å². The summed E-state index contributed by atoms with van der Waals surface area (Å²) >= 11 is 0. The fourth-order valence-electron chi connectivity index (χ4n) is 2.57. The third-order valence-electron chi connectivity index (χ3n) is 3.90. The lowest BCUT2D eigenvalue weighted by Gasteiger charge is -2.16. The van der Waals surface area contributed by atoms with Crippen molar-refractivity contribution >= 4 is 0 Å². The first-order valence-electron chi connectivity index (χ1n) is 7.13. The van der Waals surface area contributed by atoms with Crippen LogP contribution < -0.4 is 0 Å². The van der Waals surface area contributed by atoms with Gasteiger partial charge in [-0.2, -0.15) is 0 Å². The van der Waals surface area contributed by atoms with E-state index in [1.165, 1.54) is 0 Å². The molecule has 2 nitrogen and oxygen atoms in total. The van der Waals surface area contributed by atoms with Crippen LogP contribution in [0.1, 0.15) is 36.1 Å². The first-order chi connectivity index (χ1) is 9.47. The predicted molar refractivity (Wildman–Crippen MR) is 83.4 cm³/mol. The second-order valence-corrected chi connectivity index (χ2v) is 5.30. The van der Waals surface area contributed by atoms with Crippen LogP contribution in [0, 0.1) is 13.8 Å². The minimum atomic E-state index is 0.346. The van der Waals surface area contributed by atoms with Crippen LogP contribution in [0.4, 0.5) is 0 Å². The summed E-state index contributed by atoms with van der Waals surface area (Å²) in [7, 11) is 0. The molecule has 2 aromatic carbocycles. The maximum absolute atomic E-state index is 9.89. The number of rotatable bonds is 3. The normalized spacial score (nSPS) is 10.8. The van der Waals surface area contributed by atoms with Gasteiger partial charge in [-0.25, -0.2) is 0 Å². The summed E-state index contributed by atoms with van der Waals surface area (Å²) in [4.78, 5) is 0. The van der Waals surface area contributed by atoms with Crippen LogP contribution >= 0.6 is 0 Å². The first-order valence-corrected chi connectivity index (χ1v) is 7.13. The van der Waals surface area contributed by atoms with Gasteiger partial charge in [-0.15, -0.1) is 0 Å². The third kappa shape index (κ3) is 2.51. The molecule has 0 bridgehead atoms. The van der Waals surface area contributed by atoms with Crippen LogP contribution in [0.25, 0.3) is 11.1 Å². The fourth-order valence-corrected chi connectivity index (χ4v) is 2.57. The first kappa shape index (κ1) is 14.4. The van der Waals surface area contributed by atoms with Crippen molar-refractivity contribution in [1.29, 1.82) is 0 Å². The smallest absolute Gasteiger partial charge is 0.118 e. The molecule has 0 aliphatic heterocycles. The van der Waals surface area contributed by atoms with Crippen LogP contribution in [0.3, 0.4) is 0 Å². The Morgan fingerprint density at radius 1 is 0.700 bits per heavy atom. The Bertz CT molecular complexity index is 585. The molecule has 0 fully saturated rings. The SMILES string of the molecule is CCc1cc(O)c(C)cc1-c1cc(C)c(O)cc1CC. The molecule has 0 aromatic heterocycles. The zero-order valence-electron chi connectivity index (χ0n) is 12.6. The molecule has 0 radical (unpaired) electrons. The maximum atomic E-state index is 9.89. The highest BCUT2D eigenvalue weighted by atomic mass is 16.3. The van der Waals surface area contributed by atoms with Crippen molar-refractivity contribution in [2.24, 2.45) is 0 Å². The zero-order chi connectivity index (χ0) is 14.9. The predicted octanol–water partition coefficient (Wildman–Crippen LogP) is 4.51. The number of benzene rings is 2. The lowest BCUT2D eigenvalue weighted by Crippen LogP contribution is -1.95. The molecule has 0 spiro atoms. The molecule has 2 aromatic rings. The number of phenols is 2. The van der Waals surface area contributed by atoms with Crippen molar-refractivity contribution in [2.45, 2.75) is 40.5 Å². The molecule has 0 aliphatic carbocycles. The lowest BCUT2D eigenvalue weighted by molar-refractivity contribution is 0.469. The van der Waals surface area contributed by atoms with Gasteiger partial charge in [0.1, 0.15) is 11.5 Å². The van der Waals surface area contributed by atoms with E-state index in [1.54, 1.807) is 0 Å². The molecule has 0 heterocycles. The van der Waals surface area contributed by atoms with E-state index >= 15 is 0 Å². The standard InChI is InChI=1S/C18H22O2/c1-5-13-9-17(19)11(3)7-15(13)16-8-12(4)18(20)10-14(16)6-2/h7-10,19-20H,5-6H2,1-4H3. The van der Waals surface area contributed by atoms with E-state index in [2.05, 4.69) is 13.8 Å². The highest BCUT2D eigenvalue weighted by Gasteiger charge is 2.13. The molecule has 0 amide bonds. The van der Waals surface area contributed by atoms with E-state index in [4.69, 9.17) is 0 Å². The third-order valence-corrected chi connectivity index (χ3v) is 3.90. The van der Waals surface area contributed by atoms with Crippen LogP contribution in [0.15, 0.2) is 24.3 Å². The van der Waals surface area contributed by atoms with E-state index < -0.39 is 0 Å². The molecule has 0 unspecified atom stereocenters. The Labute approximate surface area is 120 Å². The number of aromatic hydroxyl groups is 2. The van der Waals surface area contributed by atoms with Gasteiger partial charge in [-0.1, -0.05) is 13.8 Å². The molecule has 20 heavy (non-hydrogen) atoms. The molecular formula is C18H22O2. The van der Waals surface area contributed by atoms with Gasteiger partial charge in [-0.05, 0) is 84.3 Å². The van der Waals surface area contributed by atoms with E-state index in [0.717, 1.165) is 46.2 Å². The average Bonchev–Trinajstić information content (AvgIpc) is 2.43. The summed E-state index contributed by atoms with van der Waals surface area (Å²) in [6, 6.07) is 7.79. The summed E-state index contributed by atoms with van der Waals surface area (Å²) in [5.74, 6) is 0.693. The molecule has 0 aliphatic rings. The van der Waals surface area contributed by atoms with Gasteiger partial charge in [0.2, 0.25) is 0 Å². The van der Waals surface area contributed by atoms with Gasteiger partial charge < -0.3 is 10.2 Å². The number of hydrogen-bond acceptors (Lipinski definition) is 2. The van der Waals surface area contributed by atoms with Crippen LogP contribution in [0.2, 0.25) is 0 Å². The summed E-state index contributed by atoms with van der Waals surface area (Å²) < 4.78 is 0. The number of hydrogen-bond donors (Lipinski definition) is 2. The van der Waals surface area contributed by atoms with Crippen molar-refractivity contribution < 1.29 is 10.2 Å². The van der Waals surface area contributed by atoms with Gasteiger partial charge in [-0.3, -0.25) is 0 Å². The number of phenolic OH excluding ortho intramolecular Hbond substituents is 2. The van der Waals surface area contributed by atoms with Gasteiger partial charge >= 0.3 is 0 Å². The summed E-state index contributed by atoms with van der Waals surface area (Å²) in [6.07, 6.45) is 1.73. The van der Waals surface area contributed by atoms with E-state index in [-0.39, 0.29) is 0 Å². The van der Waals surface area contributed by atoms with E-state index in [1.807, 2.05) is 38.1 Å². The molecule has 106 valence electrons. The summed E-state index contributed by atoms with van der Waals surface area (Å²) in [6.45, 7) is 8.01. The van der Waals surface area contributed by atoms with Crippen LogP contribution in [-0.2, 0) is 12.8 Å². The Kier molecular flexibility index (Phi) is 4.03. The molecule has 0 saturated heterocycles. The highest BCUT2D eigenvalue weighted by Crippen LogP contribution is 2.35. The van der Waals surface area contributed by atoms with Crippen molar-refractivity contribution in [2.75, 3.05) is 0 Å². The van der Waals surface area contributed by atoms with Crippen LogP contribution in [-0.4, -0.2) is 10.2 Å². The van der Waals surface area contributed by atoms with E-state index in [0.29, 0.717) is 11.5 Å². The van der Waals surface area contributed by atoms with Gasteiger partial charge in [0, 0.05) is 0 Å². The lowest BCUT2D eigenvalue weighted by atomic mass is 9.90. The van der Waals surface area contributed by atoms with Gasteiger partial charge in [0.15, 0.2) is 0 Å². The fraction of sp³-hybridized carbons (Fsp3) is 0.333. The van der Waals surface area contributed by atoms with Crippen molar-refractivity contribution in [1.82, 2.24) is 0 Å². The Balaban J connectivity index is 2.73. The molecule has 0 saturated carbocycles. The Hall–Kier alpha value is -1.96. The summed E-state index contributed by atoms with van der Waals surface area (Å²) in [5.41, 5.74) is 6.33. The largest absolute Gasteiger partial charge is 0.508 e. The summed E-state index contributed by atoms with van der Waals surface area (Å²) in [5, 5.41) is 19.8. The quantitative estimate of drug-likeness (QED) is 0.861. The topological polar surface area (TPSA) is 40.5 Å². The molecule has 0 atom stereocenters. The highest BCUT2D eigenvalue weighted by molar-refractivity contribution is 5.74. The molecule has 2 heteroatoms. The van der Waals surface area contributed by atoms with Gasteiger partial charge in [0.25, 0.3) is 0 Å². The Morgan fingerprint density at radius 3 is 1.35 bits per heavy atom. The Morgan fingerprint density at radius 2 is 1.05 bits per heavy atom. The monoisotopic (exact) mass is 270 g/mol. The zero-order valence-corrected chi connectivity index (χ0v) is 12.6. The van der Waals surface area contributed by atoms with Crippen LogP contribution in [0.5, 0.6) is 11.5 Å². The second-order valence-electron chi connectivity index (χ2n) is 5.30. The minimum absolute atomic E-state index is 0.346. The van der Waals surface area contributed by atoms with Gasteiger partial charge in [0.05, 0.1) is 0 Å². The van der Waals surface area contributed by atoms with E-state index in [9.17, 15) is 10.2 Å². The van der Waals surface area contributed by atoms with Crippen molar-refractivity contribution in [3.63, 3.8) is 0 Å².